The molecule has 1 atom stereocenters. The minimum Gasteiger partial charge on any atom is -0.497 e. The van der Waals surface area contributed by atoms with E-state index >= 15 is 0 Å². The van der Waals surface area contributed by atoms with E-state index in [1.54, 1.807) is 12.0 Å². The van der Waals surface area contributed by atoms with Crippen LogP contribution in [0.25, 0.3) is 0 Å². The van der Waals surface area contributed by atoms with Crippen LogP contribution in [-0.4, -0.2) is 25.5 Å². The van der Waals surface area contributed by atoms with Gasteiger partial charge >= 0.3 is 0 Å². The third-order valence-electron chi connectivity index (χ3n) is 5.25. The fraction of sp³-hybridized carbons (Fsp3) is 0.333. The Balaban J connectivity index is 1.43. The van der Waals surface area contributed by atoms with E-state index in [1.807, 2.05) is 30.3 Å². The predicted molar refractivity (Wildman–Crippen MR) is 101 cm³/mol. The van der Waals surface area contributed by atoms with Crippen molar-refractivity contribution in [2.75, 3.05) is 23.9 Å². The molecule has 134 valence electrons. The molecule has 2 aromatic carbocycles. The maximum Gasteiger partial charge on any atom is 0.229 e. The molecular formula is C21H22N2O3. The minimum absolute atomic E-state index is 0.0238. The van der Waals surface area contributed by atoms with E-state index in [0.717, 1.165) is 30.0 Å². The van der Waals surface area contributed by atoms with E-state index in [1.165, 1.54) is 17.5 Å². The Morgan fingerprint density at radius 2 is 1.88 bits per heavy atom. The molecule has 0 radical (unpaired) electrons. The first-order valence-electron chi connectivity index (χ1n) is 9.01. The number of nitrogens with zero attached hydrogens (tertiary/aromatic N) is 1. The number of methoxy groups -OCH3 is 1. The normalized spacial score (nSPS) is 18.7. The Bertz CT molecular complexity index is 845. The summed E-state index contributed by atoms with van der Waals surface area (Å²) in [6.07, 6.45) is 3.62. The molecule has 1 fully saturated rings. The smallest absolute Gasteiger partial charge is 0.229 e. The van der Waals surface area contributed by atoms with E-state index in [-0.39, 0.29) is 24.2 Å². The molecule has 5 nitrogen and oxygen atoms in total. The molecule has 2 aliphatic rings. The lowest BCUT2D eigenvalue weighted by Gasteiger charge is -2.17. The summed E-state index contributed by atoms with van der Waals surface area (Å²) >= 11 is 0. The van der Waals surface area contributed by atoms with Gasteiger partial charge in [-0.05, 0) is 66.8 Å². The average Bonchev–Trinajstić information content (AvgIpc) is 3.28. The minimum atomic E-state index is -0.335. The first-order chi connectivity index (χ1) is 12.6. The highest BCUT2D eigenvalue weighted by molar-refractivity contribution is 6.03. The van der Waals surface area contributed by atoms with E-state index in [4.69, 9.17) is 4.74 Å². The van der Waals surface area contributed by atoms with Gasteiger partial charge in [0.25, 0.3) is 0 Å². The molecular weight excluding hydrogens is 328 g/mol. The number of hydrogen-bond acceptors (Lipinski definition) is 3. The zero-order valence-electron chi connectivity index (χ0n) is 14.8. The van der Waals surface area contributed by atoms with Crippen molar-refractivity contribution in [3.63, 3.8) is 0 Å². The predicted octanol–water partition coefficient (Wildman–Crippen LogP) is 3.18. The number of carbonyl (C=O) groups excluding carboxylic acids is 2. The van der Waals surface area contributed by atoms with Crippen molar-refractivity contribution in [1.82, 2.24) is 0 Å². The Morgan fingerprint density at radius 1 is 1.12 bits per heavy atom. The topological polar surface area (TPSA) is 58.6 Å². The molecule has 5 heteroatoms. The lowest BCUT2D eigenvalue weighted by molar-refractivity contribution is -0.122. The molecule has 0 aromatic heterocycles. The molecule has 4 rings (SSSR count). The molecule has 0 spiro atoms. The standard InChI is InChI=1S/C21H22N2O3/c1-26-19-9-7-18(8-10-19)23-13-16(12-20(23)24)21(25)22-17-6-5-14-3-2-4-15(14)11-17/h5-11,16H,2-4,12-13H2,1H3,(H,22,25)/t16-/m0/s1. The van der Waals surface area contributed by atoms with Crippen molar-refractivity contribution in [2.24, 2.45) is 5.92 Å². The van der Waals surface area contributed by atoms with Crippen molar-refractivity contribution < 1.29 is 14.3 Å². The SMILES string of the molecule is COc1ccc(N2C[C@@H](C(=O)Nc3ccc4c(c3)CCC4)CC2=O)cc1. The van der Waals surface area contributed by atoms with Gasteiger partial charge in [0.15, 0.2) is 0 Å². The van der Waals surface area contributed by atoms with Gasteiger partial charge < -0.3 is 15.0 Å². The van der Waals surface area contributed by atoms with Crippen LogP contribution in [-0.2, 0) is 22.4 Å². The average molecular weight is 350 g/mol. The van der Waals surface area contributed by atoms with Crippen LogP contribution in [0.2, 0.25) is 0 Å². The Kier molecular flexibility index (Phi) is 4.37. The van der Waals surface area contributed by atoms with Gasteiger partial charge in [-0.2, -0.15) is 0 Å². The molecule has 1 aliphatic heterocycles. The van der Waals surface area contributed by atoms with Gasteiger partial charge in [-0.25, -0.2) is 0 Å². The van der Waals surface area contributed by atoms with Gasteiger partial charge in [0, 0.05) is 24.3 Å². The summed E-state index contributed by atoms with van der Waals surface area (Å²) in [6, 6.07) is 13.5. The molecule has 0 bridgehead atoms. The fourth-order valence-corrected chi connectivity index (χ4v) is 3.79. The summed E-state index contributed by atoms with van der Waals surface area (Å²) in [7, 11) is 1.61. The third-order valence-corrected chi connectivity index (χ3v) is 5.25. The number of fused-ring (bicyclic) bond motifs is 1. The molecule has 26 heavy (non-hydrogen) atoms. The lowest BCUT2D eigenvalue weighted by atomic mass is 10.1. The summed E-state index contributed by atoms with van der Waals surface area (Å²) in [5.74, 6) is 0.292. The highest BCUT2D eigenvalue weighted by Crippen LogP contribution is 2.29. The second-order valence-electron chi connectivity index (χ2n) is 6.93. The summed E-state index contributed by atoms with van der Waals surface area (Å²) < 4.78 is 5.15. The molecule has 0 unspecified atom stereocenters. The van der Waals surface area contributed by atoms with E-state index in [9.17, 15) is 9.59 Å². The van der Waals surface area contributed by atoms with Crippen LogP contribution in [0.1, 0.15) is 24.0 Å². The number of aryl methyl sites for hydroxylation is 2. The number of carbonyl (C=O) groups is 2. The van der Waals surface area contributed by atoms with E-state index in [0.29, 0.717) is 6.54 Å². The van der Waals surface area contributed by atoms with Crippen LogP contribution in [0.15, 0.2) is 42.5 Å². The number of nitrogens with one attached hydrogen (secondary N) is 1. The number of ether oxygens (including phenoxy) is 1. The first kappa shape index (κ1) is 16.6. The maximum absolute atomic E-state index is 12.6. The molecule has 1 saturated heterocycles. The van der Waals surface area contributed by atoms with Crippen molar-refractivity contribution in [3.8, 4) is 5.75 Å². The van der Waals surface area contributed by atoms with Gasteiger partial charge in [-0.3, -0.25) is 9.59 Å². The Morgan fingerprint density at radius 3 is 2.65 bits per heavy atom. The van der Waals surface area contributed by atoms with Crippen molar-refractivity contribution >= 4 is 23.2 Å². The molecule has 1 N–H and O–H groups in total. The van der Waals surface area contributed by atoms with Gasteiger partial charge in [0.2, 0.25) is 11.8 Å². The van der Waals surface area contributed by atoms with Gasteiger partial charge in [0.1, 0.15) is 5.75 Å². The van der Waals surface area contributed by atoms with Crippen molar-refractivity contribution in [1.29, 1.82) is 0 Å². The Labute approximate surface area is 153 Å². The zero-order chi connectivity index (χ0) is 18.1. The summed E-state index contributed by atoms with van der Waals surface area (Å²) in [5.41, 5.74) is 4.32. The summed E-state index contributed by atoms with van der Waals surface area (Å²) in [4.78, 5) is 26.7. The fourth-order valence-electron chi connectivity index (χ4n) is 3.79. The van der Waals surface area contributed by atoms with Crippen LogP contribution in [0.5, 0.6) is 5.75 Å². The second kappa shape index (κ2) is 6.83. The van der Waals surface area contributed by atoms with Crippen LogP contribution in [0, 0.1) is 5.92 Å². The number of amides is 2. The number of anilines is 2. The molecule has 1 aliphatic carbocycles. The highest BCUT2D eigenvalue weighted by Gasteiger charge is 2.35. The van der Waals surface area contributed by atoms with Crippen molar-refractivity contribution in [2.45, 2.75) is 25.7 Å². The van der Waals surface area contributed by atoms with Crippen molar-refractivity contribution in [3.05, 3.63) is 53.6 Å². The lowest BCUT2D eigenvalue weighted by Crippen LogP contribution is -2.28. The quantitative estimate of drug-likeness (QED) is 0.921. The van der Waals surface area contributed by atoms with Crippen LogP contribution >= 0.6 is 0 Å². The molecule has 0 saturated carbocycles. The number of benzene rings is 2. The van der Waals surface area contributed by atoms with Crippen LogP contribution < -0.4 is 15.0 Å². The molecule has 1 heterocycles. The van der Waals surface area contributed by atoms with Gasteiger partial charge in [-0.1, -0.05) is 6.07 Å². The van der Waals surface area contributed by atoms with Gasteiger partial charge in [-0.15, -0.1) is 0 Å². The maximum atomic E-state index is 12.6. The number of hydrogen-bond donors (Lipinski definition) is 1. The highest BCUT2D eigenvalue weighted by atomic mass is 16.5. The summed E-state index contributed by atoms with van der Waals surface area (Å²) in [5, 5.41) is 2.99. The number of rotatable bonds is 4. The van der Waals surface area contributed by atoms with E-state index < -0.39 is 0 Å². The third kappa shape index (κ3) is 3.17. The molecule has 2 aromatic rings. The molecule has 2 amide bonds. The first-order valence-corrected chi connectivity index (χ1v) is 9.01. The largest absolute Gasteiger partial charge is 0.497 e. The zero-order valence-corrected chi connectivity index (χ0v) is 14.8. The monoisotopic (exact) mass is 350 g/mol. The van der Waals surface area contributed by atoms with E-state index in [2.05, 4.69) is 17.4 Å². The van der Waals surface area contributed by atoms with Crippen LogP contribution in [0.4, 0.5) is 11.4 Å². The summed E-state index contributed by atoms with van der Waals surface area (Å²) in [6.45, 7) is 0.405. The second-order valence-corrected chi connectivity index (χ2v) is 6.93. The van der Waals surface area contributed by atoms with Crippen LogP contribution in [0.3, 0.4) is 0 Å². The van der Waals surface area contributed by atoms with Gasteiger partial charge in [0.05, 0.1) is 13.0 Å². The Hall–Kier alpha value is -2.82.